The first-order valence-corrected chi connectivity index (χ1v) is 42.5. The maximum Gasteiger partial charge on any atom is 0.472 e. The van der Waals surface area contributed by atoms with Crippen molar-refractivity contribution < 1.29 is 75.8 Å². The van der Waals surface area contributed by atoms with E-state index in [2.05, 4.69) is 136 Å². The lowest BCUT2D eigenvalue weighted by molar-refractivity contribution is -0.161. The van der Waals surface area contributed by atoms with Crippen LogP contribution in [0, 0.1) is 0 Å². The molecule has 0 rings (SSSR count). The number of allylic oxidation sites excluding steroid dienone is 22. The molecular weight excluding hydrogens is 1310 g/mol. The van der Waals surface area contributed by atoms with Crippen LogP contribution in [0.3, 0.4) is 0 Å². The van der Waals surface area contributed by atoms with Gasteiger partial charge in [-0.25, -0.2) is 9.13 Å². The molecule has 0 fully saturated rings. The standard InChI is InChI=1S/C83H142O16P2/c1-4-7-10-13-16-19-22-25-28-30-32-33-34-35-36-37-38-39-40-41-42-43-45-47-49-51-54-57-60-63-66-69-81(86)93-72-78(84)73-95-100(89,90)96-74-79(85)75-97-101(91,92)98-77-80(99-83(88)71-68-65-62-59-56-53-48-27-24-21-18-15-12-9-6-3)76-94-82(87)70-67-64-61-58-55-52-50-46-44-31-29-26-23-20-17-14-11-8-5-2/h7-8,10-11,16-17,19-20,25-26,28-29,32-33,35-36,44,46,52,55,61,64,78-80,84-85H,4-6,9,12-15,18,21-24,27,30-31,34,37-43,45,47-51,53-54,56-60,62-63,65-77H2,1-3H3,(H,89,90)(H,91,92)/b10-7-,11-8-,19-16-,20-17-,28-25-,29-26-,33-32-,36-35-,46-44-,55-52-,64-61-. The van der Waals surface area contributed by atoms with Crippen LogP contribution in [-0.2, 0) is 55.8 Å². The Morgan fingerprint density at radius 1 is 0.287 bits per heavy atom. The molecule has 0 bridgehead atoms. The van der Waals surface area contributed by atoms with Crippen LogP contribution in [0.4, 0.5) is 0 Å². The van der Waals surface area contributed by atoms with Crippen LogP contribution in [0.5, 0.6) is 0 Å². The summed E-state index contributed by atoms with van der Waals surface area (Å²) in [6, 6.07) is 0. The van der Waals surface area contributed by atoms with Crippen molar-refractivity contribution >= 4 is 33.6 Å². The molecule has 0 aliphatic heterocycles. The van der Waals surface area contributed by atoms with Crippen LogP contribution in [0.2, 0.25) is 0 Å². The van der Waals surface area contributed by atoms with E-state index in [-0.39, 0.29) is 19.3 Å². The highest BCUT2D eigenvalue weighted by Crippen LogP contribution is 2.45. The van der Waals surface area contributed by atoms with E-state index in [0.717, 1.165) is 109 Å². The van der Waals surface area contributed by atoms with E-state index in [9.17, 15) is 43.5 Å². The van der Waals surface area contributed by atoms with Gasteiger partial charge in [0.05, 0.1) is 26.4 Å². The van der Waals surface area contributed by atoms with Gasteiger partial charge in [0.1, 0.15) is 25.4 Å². The fraction of sp³-hybridized carbons (Fsp3) is 0.699. The third-order valence-electron chi connectivity index (χ3n) is 16.4. The number of esters is 3. The van der Waals surface area contributed by atoms with Gasteiger partial charge in [0.15, 0.2) is 6.10 Å². The Hall–Kier alpha value is -4.31. The van der Waals surface area contributed by atoms with Gasteiger partial charge in [-0.1, -0.05) is 328 Å². The average molecular weight is 1460 g/mol. The number of aliphatic hydroxyl groups is 2. The first-order chi connectivity index (χ1) is 49.2. The maximum atomic E-state index is 13.0. The highest BCUT2D eigenvalue weighted by atomic mass is 31.2. The molecule has 0 aromatic rings. The average Bonchev–Trinajstić information content (AvgIpc) is 1.14. The SMILES string of the molecule is CC/C=C\C/C=C\C/C=C\C/C=C\C/C=C\C/C=C\CCC(=O)OCC(COP(=O)(O)OCC(O)COP(=O)(O)OCC(O)COC(=O)CCCCCCCCCCCCCCCCC/C=C\C/C=C\C/C=C\C/C=C\C/C=C\CC)OC(=O)CCCCCCCCCCCCCCCCC. The Balaban J connectivity index is 4.52. The lowest BCUT2D eigenvalue weighted by Crippen LogP contribution is -2.30. The van der Waals surface area contributed by atoms with E-state index in [1.54, 1.807) is 0 Å². The molecule has 0 radical (unpaired) electrons. The Morgan fingerprint density at radius 2 is 0.545 bits per heavy atom. The number of carbonyl (C=O) groups excluding carboxylic acids is 3. The lowest BCUT2D eigenvalue weighted by Gasteiger charge is -2.21. The van der Waals surface area contributed by atoms with Gasteiger partial charge in [-0.05, 0) is 103 Å². The van der Waals surface area contributed by atoms with Gasteiger partial charge in [-0.2, -0.15) is 0 Å². The first kappa shape index (κ1) is 96.7. The van der Waals surface area contributed by atoms with Crippen molar-refractivity contribution in [1.82, 2.24) is 0 Å². The molecule has 0 amide bonds. The van der Waals surface area contributed by atoms with Crippen LogP contribution in [0.25, 0.3) is 0 Å². The molecule has 0 heterocycles. The largest absolute Gasteiger partial charge is 0.472 e. The molecule has 101 heavy (non-hydrogen) atoms. The fourth-order valence-corrected chi connectivity index (χ4v) is 12.0. The number of hydrogen-bond acceptors (Lipinski definition) is 14. The molecule has 16 nitrogen and oxygen atoms in total. The molecule has 4 N–H and O–H groups in total. The molecule has 0 aromatic carbocycles. The number of hydrogen-bond donors (Lipinski definition) is 4. The summed E-state index contributed by atoms with van der Waals surface area (Å²) in [6.07, 6.45) is 91.0. The van der Waals surface area contributed by atoms with Gasteiger partial charge < -0.3 is 34.2 Å². The summed E-state index contributed by atoms with van der Waals surface area (Å²) < 4.78 is 61.0. The minimum absolute atomic E-state index is 0.0450. The van der Waals surface area contributed by atoms with E-state index in [0.29, 0.717) is 25.7 Å². The molecule has 0 aliphatic rings. The van der Waals surface area contributed by atoms with Crippen LogP contribution >= 0.6 is 15.6 Å². The zero-order chi connectivity index (χ0) is 73.7. The van der Waals surface area contributed by atoms with Gasteiger partial charge in [0.25, 0.3) is 0 Å². The zero-order valence-electron chi connectivity index (χ0n) is 63.3. The number of ether oxygens (including phenoxy) is 3. The highest BCUT2D eigenvalue weighted by molar-refractivity contribution is 7.47. The van der Waals surface area contributed by atoms with Crippen LogP contribution in [0.1, 0.15) is 316 Å². The van der Waals surface area contributed by atoms with Gasteiger partial charge in [0, 0.05) is 19.3 Å². The van der Waals surface area contributed by atoms with Crippen molar-refractivity contribution in [2.24, 2.45) is 0 Å². The Morgan fingerprint density at radius 3 is 0.891 bits per heavy atom. The Kier molecular flexibility index (Phi) is 72.2. The molecular formula is C83H142O16P2. The molecule has 18 heteroatoms. The number of aliphatic hydroxyl groups excluding tert-OH is 2. The molecule has 0 spiro atoms. The second-order valence-electron chi connectivity index (χ2n) is 26.1. The smallest absolute Gasteiger partial charge is 0.463 e. The predicted octanol–water partition coefficient (Wildman–Crippen LogP) is 23.1. The van der Waals surface area contributed by atoms with Crippen molar-refractivity contribution in [2.45, 2.75) is 334 Å². The van der Waals surface area contributed by atoms with Gasteiger partial charge >= 0.3 is 33.6 Å². The van der Waals surface area contributed by atoms with Crippen molar-refractivity contribution in [3.05, 3.63) is 134 Å². The van der Waals surface area contributed by atoms with Gasteiger partial charge in [-0.15, -0.1) is 0 Å². The second kappa shape index (κ2) is 75.4. The molecule has 5 unspecified atom stereocenters. The molecule has 0 saturated carbocycles. The number of phosphoric ester groups is 2. The summed E-state index contributed by atoms with van der Waals surface area (Å²) in [5, 5.41) is 20.6. The monoisotopic (exact) mass is 1460 g/mol. The number of rotatable bonds is 74. The summed E-state index contributed by atoms with van der Waals surface area (Å²) in [5.41, 5.74) is 0. The van der Waals surface area contributed by atoms with E-state index in [4.69, 9.17) is 32.3 Å². The molecule has 0 aromatic heterocycles. The van der Waals surface area contributed by atoms with Gasteiger partial charge in [-0.3, -0.25) is 32.5 Å². The number of phosphoric acid groups is 2. The molecule has 5 atom stereocenters. The van der Waals surface area contributed by atoms with Crippen LogP contribution < -0.4 is 0 Å². The quantitative estimate of drug-likeness (QED) is 0.0146. The van der Waals surface area contributed by atoms with Crippen LogP contribution in [-0.4, -0.2) is 95.9 Å². The van der Waals surface area contributed by atoms with Crippen molar-refractivity contribution in [3.8, 4) is 0 Å². The molecule has 0 aliphatic carbocycles. The number of unbranched alkanes of at least 4 members (excludes halogenated alkanes) is 29. The normalized spacial score (nSPS) is 14.7. The minimum atomic E-state index is -4.94. The van der Waals surface area contributed by atoms with E-state index >= 15 is 0 Å². The number of carbonyl (C=O) groups is 3. The van der Waals surface area contributed by atoms with Gasteiger partial charge in [0.2, 0.25) is 0 Å². The topological polar surface area (TPSA) is 231 Å². The Bertz CT molecular complexity index is 2370. The lowest BCUT2D eigenvalue weighted by atomic mass is 10.0. The van der Waals surface area contributed by atoms with E-state index in [1.807, 2.05) is 18.2 Å². The van der Waals surface area contributed by atoms with E-state index in [1.165, 1.54) is 141 Å². The zero-order valence-corrected chi connectivity index (χ0v) is 65.1. The fourth-order valence-electron chi connectivity index (χ4n) is 10.4. The third-order valence-corrected chi connectivity index (χ3v) is 18.3. The first-order valence-electron chi connectivity index (χ1n) is 39.5. The third kappa shape index (κ3) is 76.6. The summed E-state index contributed by atoms with van der Waals surface area (Å²) in [5.74, 6) is -1.67. The molecule has 0 saturated heterocycles. The molecule has 580 valence electrons. The maximum absolute atomic E-state index is 13.0. The van der Waals surface area contributed by atoms with E-state index < -0.39 is 91.5 Å². The van der Waals surface area contributed by atoms with Crippen molar-refractivity contribution in [2.75, 3.05) is 39.6 Å². The van der Waals surface area contributed by atoms with Crippen molar-refractivity contribution in [3.63, 3.8) is 0 Å². The minimum Gasteiger partial charge on any atom is -0.463 e. The summed E-state index contributed by atoms with van der Waals surface area (Å²) in [7, 11) is -9.81. The highest BCUT2D eigenvalue weighted by Gasteiger charge is 2.29. The Labute approximate surface area is 614 Å². The summed E-state index contributed by atoms with van der Waals surface area (Å²) in [6.45, 7) is 2.39. The summed E-state index contributed by atoms with van der Waals surface area (Å²) in [4.78, 5) is 58.6. The second-order valence-corrected chi connectivity index (χ2v) is 29.0. The van der Waals surface area contributed by atoms with Crippen molar-refractivity contribution in [1.29, 1.82) is 0 Å². The predicted molar refractivity (Wildman–Crippen MR) is 417 cm³/mol. The van der Waals surface area contributed by atoms with Crippen LogP contribution in [0.15, 0.2) is 134 Å². The summed E-state index contributed by atoms with van der Waals surface area (Å²) >= 11 is 0.